The summed E-state index contributed by atoms with van der Waals surface area (Å²) in [5.74, 6) is -0.157. The summed E-state index contributed by atoms with van der Waals surface area (Å²) in [6, 6.07) is 8.81. The van der Waals surface area contributed by atoms with Crippen molar-refractivity contribution in [3.8, 4) is 0 Å². The zero-order valence-corrected chi connectivity index (χ0v) is 19.3. The molecule has 4 heterocycles. The number of amides is 1. The van der Waals surface area contributed by atoms with Gasteiger partial charge in [0, 0.05) is 24.3 Å². The number of fused-ring (bicyclic) bond motifs is 1. The molecule has 0 radical (unpaired) electrons. The lowest BCUT2D eigenvalue weighted by molar-refractivity contribution is 0.102. The van der Waals surface area contributed by atoms with Crippen LogP contribution < -0.4 is 21.7 Å². The normalized spacial score (nSPS) is 17.8. The second-order valence-corrected chi connectivity index (χ2v) is 8.75. The van der Waals surface area contributed by atoms with Crippen molar-refractivity contribution >= 4 is 46.2 Å². The van der Waals surface area contributed by atoms with Crippen LogP contribution in [0.1, 0.15) is 36.2 Å². The van der Waals surface area contributed by atoms with Crippen molar-refractivity contribution in [3.05, 3.63) is 65.6 Å². The minimum Gasteiger partial charge on any atom is -0.366 e. The zero-order valence-electron chi connectivity index (χ0n) is 18.6. The summed E-state index contributed by atoms with van der Waals surface area (Å²) in [6.07, 6.45) is 7.48. The third-order valence-electron chi connectivity index (χ3n) is 5.82. The third-order valence-corrected chi connectivity index (χ3v) is 6.03. The Hall–Kier alpha value is -3.83. The maximum Gasteiger partial charge on any atom is 0.276 e. The second kappa shape index (κ2) is 9.80. The highest BCUT2D eigenvalue weighted by Gasteiger charge is 2.22. The summed E-state index contributed by atoms with van der Waals surface area (Å²) in [7, 11) is 0. The Balaban J connectivity index is 1.51. The van der Waals surface area contributed by atoms with E-state index in [-0.39, 0.29) is 23.5 Å². The first-order valence-electron chi connectivity index (χ1n) is 11.2. The van der Waals surface area contributed by atoms with E-state index in [0.29, 0.717) is 28.1 Å². The molecule has 10 nitrogen and oxygen atoms in total. The number of nitrogens with zero attached hydrogens (tertiary/aromatic N) is 5. The highest BCUT2D eigenvalue weighted by Crippen LogP contribution is 2.27. The average Bonchev–Trinajstić information content (AvgIpc) is 3.27. The number of imidazole rings is 1. The minimum atomic E-state index is -0.644. The first-order chi connectivity index (χ1) is 17.0. The lowest BCUT2D eigenvalue weighted by Gasteiger charge is -2.27. The maximum absolute atomic E-state index is 14.0. The fraction of sp³-hybridized carbons (Fsp3) is 0.261. The number of pyridine rings is 2. The zero-order chi connectivity index (χ0) is 24.4. The molecule has 5 N–H and O–H groups in total. The molecular formula is C23H23ClFN9O. The molecule has 1 aliphatic carbocycles. The molecule has 0 saturated heterocycles. The van der Waals surface area contributed by atoms with Crippen LogP contribution in [0.4, 0.5) is 27.4 Å². The molecule has 1 saturated carbocycles. The van der Waals surface area contributed by atoms with Crippen molar-refractivity contribution in [2.24, 2.45) is 5.73 Å². The molecule has 0 atom stereocenters. The number of halogens is 2. The maximum atomic E-state index is 14.0. The summed E-state index contributed by atoms with van der Waals surface area (Å²) in [5, 5.41) is 14.1. The van der Waals surface area contributed by atoms with Crippen molar-refractivity contribution in [3.63, 3.8) is 0 Å². The standard InChI is InChI=1S/C23H23ClFN9O/c24-19-2-1-3-20(32-19)30-17-10-21(29-14-6-4-13(26)5-7-14)33-34-18(12-28-22(17)34)23(35)31-16-8-9-27-11-15(16)25/h1-3,8-14H,4-7,26H2,(H,29,33)(H,30,32)(H,27,31,35). The highest BCUT2D eigenvalue weighted by atomic mass is 35.5. The summed E-state index contributed by atoms with van der Waals surface area (Å²) in [4.78, 5) is 25.4. The van der Waals surface area contributed by atoms with Gasteiger partial charge >= 0.3 is 0 Å². The molecule has 12 heteroatoms. The number of carbonyl (C=O) groups is 1. The molecule has 0 bridgehead atoms. The molecule has 1 amide bonds. The molecule has 0 aromatic carbocycles. The lowest BCUT2D eigenvalue weighted by Crippen LogP contribution is -2.33. The van der Waals surface area contributed by atoms with E-state index in [1.165, 1.54) is 23.0 Å². The van der Waals surface area contributed by atoms with Gasteiger partial charge in [0.25, 0.3) is 5.91 Å². The number of rotatable bonds is 6. The van der Waals surface area contributed by atoms with Crippen LogP contribution >= 0.6 is 11.6 Å². The van der Waals surface area contributed by atoms with Crippen LogP contribution in [0.15, 0.2) is 48.9 Å². The number of anilines is 4. The van der Waals surface area contributed by atoms with E-state index < -0.39 is 11.7 Å². The Labute approximate surface area is 205 Å². The van der Waals surface area contributed by atoms with Gasteiger partial charge in [0.2, 0.25) is 0 Å². The van der Waals surface area contributed by atoms with Crippen molar-refractivity contribution in [1.29, 1.82) is 0 Å². The fourth-order valence-electron chi connectivity index (χ4n) is 4.04. The van der Waals surface area contributed by atoms with Gasteiger partial charge in [0.1, 0.15) is 16.8 Å². The number of hydrogen-bond donors (Lipinski definition) is 4. The van der Waals surface area contributed by atoms with Crippen molar-refractivity contribution < 1.29 is 9.18 Å². The van der Waals surface area contributed by atoms with Crippen LogP contribution in [0.3, 0.4) is 0 Å². The molecule has 0 aliphatic heterocycles. The molecule has 0 unspecified atom stereocenters. The van der Waals surface area contributed by atoms with Gasteiger partial charge in [-0.25, -0.2) is 18.9 Å². The predicted molar refractivity (Wildman–Crippen MR) is 132 cm³/mol. The minimum absolute atomic E-state index is 0.00856. The molecule has 4 aromatic heterocycles. The number of nitrogens with one attached hydrogen (secondary N) is 3. The van der Waals surface area contributed by atoms with Crippen LogP contribution in [-0.2, 0) is 0 Å². The quantitative estimate of drug-likeness (QED) is 0.295. The van der Waals surface area contributed by atoms with Crippen molar-refractivity contribution in [2.75, 3.05) is 16.0 Å². The third kappa shape index (κ3) is 5.15. The fourth-order valence-corrected chi connectivity index (χ4v) is 4.20. The molecule has 1 aliphatic rings. The van der Waals surface area contributed by atoms with E-state index in [2.05, 4.69) is 36.0 Å². The Morgan fingerprint density at radius 1 is 1.11 bits per heavy atom. The molecule has 180 valence electrons. The largest absolute Gasteiger partial charge is 0.366 e. The van der Waals surface area contributed by atoms with E-state index >= 15 is 0 Å². The molecule has 4 aromatic rings. The Morgan fingerprint density at radius 2 is 1.94 bits per heavy atom. The molecule has 5 rings (SSSR count). The van der Waals surface area contributed by atoms with Gasteiger partial charge in [0.15, 0.2) is 17.2 Å². The Kier molecular flexibility index (Phi) is 6.43. The molecule has 35 heavy (non-hydrogen) atoms. The van der Waals surface area contributed by atoms with Gasteiger partial charge in [-0.1, -0.05) is 17.7 Å². The van der Waals surface area contributed by atoms with Crippen LogP contribution in [0.2, 0.25) is 5.15 Å². The first-order valence-corrected chi connectivity index (χ1v) is 11.6. The number of aromatic nitrogens is 5. The Morgan fingerprint density at radius 3 is 2.71 bits per heavy atom. The summed E-state index contributed by atoms with van der Waals surface area (Å²) >= 11 is 6.04. The average molecular weight is 496 g/mol. The van der Waals surface area contributed by atoms with Crippen LogP contribution in [-0.4, -0.2) is 42.6 Å². The van der Waals surface area contributed by atoms with Gasteiger partial charge in [-0.3, -0.25) is 9.78 Å². The molecular weight excluding hydrogens is 473 g/mol. The van der Waals surface area contributed by atoms with E-state index in [1.807, 2.05) is 6.07 Å². The summed E-state index contributed by atoms with van der Waals surface area (Å²) < 4.78 is 15.4. The van der Waals surface area contributed by atoms with Gasteiger partial charge in [-0.2, -0.15) is 0 Å². The van der Waals surface area contributed by atoms with Gasteiger partial charge < -0.3 is 21.7 Å². The topological polar surface area (TPSA) is 135 Å². The summed E-state index contributed by atoms with van der Waals surface area (Å²) in [5.41, 5.74) is 7.14. The molecule has 0 spiro atoms. The second-order valence-electron chi connectivity index (χ2n) is 8.36. The SMILES string of the molecule is NC1CCC(Nc2cc(Nc3cccc(Cl)n3)c3ncc(C(=O)Nc4ccncc4F)n3n2)CC1. The van der Waals surface area contributed by atoms with E-state index in [0.717, 1.165) is 31.9 Å². The number of nitrogens with two attached hydrogens (primary N) is 1. The summed E-state index contributed by atoms with van der Waals surface area (Å²) in [6.45, 7) is 0. The Bertz CT molecular complexity index is 1370. The monoisotopic (exact) mass is 495 g/mol. The smallest absolute Gasteiger partial charge is 0.276 e. The van der Waals surface area contributed by atoms with Gasteiger partial charge in [-0.15, -0.1) is 5.10 Å². The van der Waals surface area contributed by atoms with E-state index in [1.54, 1.807) is 18.2 Å². The predicted octanol–water partition coefficient (Wildman–Crippen LogP) is 3.99. The van der Waals surface area contributed by atoms with Crippen molar-refractivity contribution in [1.82, 2.24) is 24.6 Å². The first kappa shape index (κ1) is 22.9. The van der Waals surface area contributed by atoms with Crippen molar-refractivity contribution in [2.45, 2.75) is 37.8 Å². The van der Waals surface area contributed by atoms with Crippen LogP contribution in [0, 0.1) is 5.82 Å². The van der Waals surface area contributed by atoms with Crippen LogP contribution in [0.5, 0.6) is 0 Å². The van der Waals surface area contributed by atoms with Gasteiger partial charge in [0.05, 0.1) is 23.8 Å². The molecule has 1 fully saturated rings. The lowest BCUT2D eigenvalue weighted by atomic mass is 9.92. The number of hydrogen-bond acceptors (Lipinski definition) is 8. The highest BCUT2D eigenvalue weighted by molar-refractivity contribution is 6.29. The van der Waals surface area contributed by atoms with Crippen LogP contribution in [0.25, 0.3) is 5.65 Å². The van der Waals surface area contributed by atoms with E-state index in [4.69, 9.17) is 17.3 Å². The van der Waals surface area contributed by atoms with E-state index in [9.17, 15) is 9.18 Å². The number of carbonyl (C=O) groups excluding carboxylic acids is 1. The van der Waals surface area contributed by atoms with Gasteiger partial charge in [-0.05, 0) is 43.9 Å².